The molecule has 1 saturated heterocycles. The monoisotopic (exact) mass is 420 g/mol. The molecule has 6 nitrogen and oxygen atoms in total. The van der Waals surface area contributed by atoms with E-state index >= 15 is 0 Å². The standard InChI is InChI=1S/C22H28N2O4.ClH/c1-14(21(25)24-13-15-8-10-23-11-9-15)27-16-6-7-18-17-4-2-3-5-19(17)22(26)28-20(18)12-16;/h6-7,12,14-15,23H,2-5,8-11,13H2,1H3,(H,24,25);1H. The molecule has 29 heavy (non-hydrogen) atoms. The van der Waals surface area contributed by atoms with Crippen molar-refractivity contribution in [3.63, 3.8) is 0 Å². The van der Waals surface area contributed by atoms with Crippen molar-refractivity contribution >= 4 is 29.3 Å². The van der Waals surface area contributed by atoms with Gasteiger partial charge in [0.2, 0.25) is 0 Å². The summed E-state index contributed by atoms with van der Waals surface area (Å²) in [6.45, 7) is 4.45. The molecule has 2 heterocycles. The Balaban J connectivity index is 0.00000240. The Labute approximate surface area is 176 Å². The summed E-state index contributed by atoms with van der Waals surface area (Å²) < 4.78 is 11.3. The zero-order chi connectivity index (χ0) is 19.5. The smallest absolute Gasteiger partial charge is 0.339 e. The molecule has 7 heteroatoms. The third-order valence-corrected chi connectivity index (χ3v) is 5.90. The zero-order valence-corrected chi connectivity index (χ0v) is 17.6. The van der Waals surface area contributed by atoms with E-state index in [-0.39, 0.29) is 23.9 Å². The van der Waals surface area contributed by atoms with Crippen molar-refractivity contribution in [1.29, 1.82) is 0 Å². The van der Waals surface area contributed by atoms with E-state index < -0.39 is 6.10 Å². The van der Waals surface area contributed by atoms with Crippen molar-refractivity contribution in [3.05, 3.63) is 39.7 Å². The minimum absolute atomic E-state index is 0. The fourth-order valence-corrected chi connectivity index (χ4v) is 4.23. The average molecular weight is 421 g/mol. The highest BCUT2D eigenvalue weighted by atomic mass is 35.5. The van der Waals surface area contributed by atoms with Gasteiger partial charge in [-0.1, -0.05) is 0 Å². The minimum atomic E-state index is -0.608. The first kappa shape index (κ1) is 21.7. The molecule has 1 aromatic carbocycles. The maximum absolute atomic E-state index is 12.4. The van der Waals surface area contributed by atoms with Crippen LogP contribution in [0, 0.1) is 5.92 Å². The predicted molar refractivity (Wildman–Crippen MR) is 115 cm³/mol. The van der Waals surface area contributed by atoms with E-state index in [1.165, 1.54) is 0 Å². The molecule has 1 unspecified atom stereocenters. The number of piperidine rings is 1. The van der Waals surface area contributed by atoms with Crippen molar-refractivity contribution in [2.24, 2.45) is 5.92 Å². The highest BCUT2D eigenvalue weighted by Crippen LogP contribution is 2.29. The summed E-state index contributed by atoms with van der Waals surface area (Å²) in [4.78, 5) is 24.7. The lowest BCUT2D eigenvalue weighted by Gasteiger charge is -2.23. The number of aryl methyl sites for hydroxylation is 1. The van der Waals surface area contributed by atoms with Gasteiger partial charge in [0.1, 0.15) is 11.3 Å². The number of fused-ring (bicyclic) bond motifs is 3. The van der Waals surface area contributed by atoms with Crippen LogP contribution in [0.15, 0.2) is 27.4 Å². The number of benzene rings is 1. The minimum Gasteiger partial charge on any atom is -0.481 e. The van der Waals surface area contributed by atoms with Crippen molar-refractivity contribution in [3.8, 4) is 5.75 Å². The quantitative estimate of drug-likeness (QED) is 0.727. The third kappa shape index (κ3) is 4.93. The Morgan fingerprint density at radius 3 is 2.72 bits per heavy atom. The first-order valence-electron chi connectivity index (χ1n) is 10.4. The van der Waals surface area contributed by atoms with Crippen LogP contribution in [-0.4, -0.2) is 31.6 Å². The molecule has 1 fully saturated rings. The summed E-state index contributed by atoms with van der Waals surface area (Å²) in [5.74, 6) is 0.944. The summed E-state index contributed by atoms with van der Waals surface area (Å²) >= 11 is 0. The van der Waals surface area contributed by atoms with Gasteiger partial charge in [-0.15, -0.1) is 12.4 Å². The van der Waals surface area contributed by atoms with Gasteiger partial charge >= 0.3 is 5.63 Å². The van der Waals surface area contributed by atoms with Gasteiger partial charge in [-0.25, -0.2) is 4.79 Å². The van der Waals surface area contributed by atoms with E-state index in [0.717, 1.165) is 68.1 Å². The molecule has 4 rings (SSSR count). The normalized spacial score (nSPS) is 17.8. The molecule has 1 amide bonds. The number of hydrogen-bond donors (Lipinski definition) is 2. The molecule has 1 aliphatic carbocycles. The Hall–Kier alpha value is -2.05. The molecule has 2 aromatic rings. The topological polar surface area (TPSA) is 80.6 Å². The first-order chi connectivity index (χ1) is 13.6. The van der Waals surface area contributed by atoms with Gasteiger partial charge < -0.3 is 19.8 Å². The fraction of sp³-hybridized carbons (Fsp3) is 0.545. The third-order valence-electron chi connectivity index (χ3n) is 5.90. The van der Waals surface area contributed by atoms with Crippen LogP contribution in [0.2, 0.25) is 0 Å². The molecule has 2 N–H and O–H groups in total. The van der Waals surface area contributed by atoms with Gasteiger partial charge in [-0.05, 0) is 82.2 Å². The van der Waals surface area contributed by atoms with E-state index in [1.54, 1.807) is 13.0 Å². The number of rotatable bonds is 5. The lowest BCUT2D eigenvalue weighted by molar-refractivity contribution is -0.127. The van der Waals surface area contributed by atoms with Gasteiger partial charge in [0.05, 0.1) is 0 Å². The van der Waals surface area contributed by atoms with Crippen LogP contribution in [-0.2, 0) is 17.6 Å². The van der Waals surface area contributed by atoms with E-state index in [9.17, 15) is 9.59 Å². The van der Waals surface area contributed by atoms with Crippen molar-refractivity contribution < 1.29 is 13.9 Å². The molecule has 158 valence electrons. The number of carbonyl (C=O) groups is 1. The van der Waals surface area contributed by atoms with E-state index in [4.69, 9.17) is 9.15 Å². The Morgan fingerprint density at radius 1 is 1.24 bits per heavy atom. The largest absolute Gasteiger partial charge is 0.481 e. The lowest BCUT2D eigenvalue weighted by Crippen LogP contribution is -2.41. The molecule has 1 atom stereocenters. The Kier molecular flexibility index (Phi) is 7.19. The molecule has 0 saturated carbocycles. The van der Waals surface area contributed by atoms with Crippen LogP contribution in [0.3, 0.4) is 0 Å². The van der Waals surface area contributed by atoms with Crippen LogP contribution in [0.1, 0.15) is 43.7 Å². The SMILES string of the molecule is CC(Oc1ccc2c3c(c(=O)oc2c1)CCCC3)C(=O)NCC1CCNCC1.Cl. The number of amides is 1. The molecular formula is C22H29ClN2O4. The average Bonchev–Trinajstić information content (AvgIpc) is 2.73. The van der Waals surface area contributed by atoms with Gasteiger partial charge in [0.15, 0.2) is 6.10 Å². The van der Waals surface area contributed by atoms with E-state index in [0.29, 0.717) is 23.8 Å². The lowest BCUT2D eigenvalue weighted by atomic mass is 9.91. The molecule has 0 spiro atoms. The highest BCUT2D eigenvalue weighted by molar-refractivity contribution is 5.85. The molecule has 1 aliphatic heterocycles. The Bertz CT molecular complexity index is 921. The van der Waals surface area contributed by atoms with Crippen molar-refractivity contribution in [2.45, 2.75) is 51.6 Å². The number of nitrogens with one attached hydrogen (secondary N) is 2. The van der Waals surface area contributed by atoms with Crippen LogP contribution in [0.5, 0.6) is 5.75 Å². The predicted octanol–water partition coefficient (Wildman–Crippen LogP) is 2.98. The van der Waals surface area contributed by atoms with Gasteiger partial charge in [0, 0.05) is 23.6 Å². The summed E-state index contributed by atoms with van der Waals surface area (Å²) in [7, 11) is 0. The number of hydrogen-bond acceptors (Lipinski definition) is 5. The fourth-order valence-electron chi connectivity index (χ4n) is 4.23. The zero-order valence-electron chi connectivity index (χ0n) is 16.8. The summed E-state index contributed by atoms with van der Waals surface area (Å²) in [6.07, 6.45) is 5.40. The van der Waals surface area contributed by atoms with Crippen molar-refractivity contribution in [2.75, 3.05) is 19.6 Å². The van der Waals surface area contributed by atoms with Crippen LogP contribution in [0.25, 0.3) is 11.0 Å². The van der Waals surface area contributed by atoms with Gasteiger partial charge in [-0.3, -0.25) is 4.79 Å². The Morgan fingerprint density at radius 2 is 1.97 bits per heavy atom. The maximum Gasteiger partial charge on any atom is 0.339 e. The molecule has 2 aliphatic rings. The number of halogens is 1. The van der Waals surface area contributed by atoms with Gasteiger partial charge in [-0.2, -0.15) is 0 Å². The second-order valence-electron chi connectivity index (χ2n) is 7.91. The van der Waals surface area contributed by atoms with Gasteiger partial charge in [0.25, 0.3) is 5.91 Å². The van der Waals surface area contributed by atoms with Crippen LogP contribution in [0.4, 0.5) is 0 Å². The summed E-state index contributed by atoms with van der Waals surface area (Å²) in [6, 6.07) is 5.52. The second kappa shape index (κ2) is 9.63. The summed E-state index contributed by atoms with van der Waals surface area (Å²) in [5, 5.41) is 7.30. The molecule has 0 radical (unpaired) electrons. The molecular weight excluding hydrogens is 392 g/mol. The highest BCUT2D eigenvalue weighted by Gasteiger charge is 2.20. The first-order valence-corrected chi connectivity index (χ1v) is 10.4. The second-order valence-corrected chi connectivity index (χ2v) is 7.91. The number of ether oxygens (including phenoxy) is 1. The van der Waals surface area contributed by atoms with Crippen molar-refractivity contribution in [1.82, 2.24) is 10.6 Å². The molecule has 0 bridgehead atoms. The van der Waals surface area contributed by atoms with Crippen LogP contribution < -0.4 is 21.0 Å². The maximum atomic E-state index is 12.4. The van der Waals surface area contributed by atoms with Crippen LogP contribution >= 0.6 is 12.4 Å². The number of carbonyl (C=O) groups excluding carboxylic acids is 1. The van der Waals surface area contributed by atoms with E-state index in [1.807, 2.05) is 12.1 Å². The summed E-state index contributed by atoms with van der Waals surface area (Å²) in [5.41, 5.74) is 2.22. The molecule has 1 aromatic heterocycles. The van der Waals surface area contributed by atoms with E-state index in [2.05, 4.69) is 10.6 Å².